The van der Waals surface area contributed by atoms with Crippen molar-refractivity contribution >= 4 is 0 Å². The lowest BCUT2D eigenvalue weighted by molar-refractivity contribution is 0.288. The van der Waals surface area contributed by atoms with Gasteiger partial charge in [0.05, 0.1) is 0 Å². The van der Waals surface area contributed by atoms with E-state index in [4.69, 9.17) is 5.11 Å². The molecule has 0 aliphatic heterocycles. The highest BCUT2D eigenvalue weighted by Gasteiger charge is 2.11. The lowest BCUT2D eigenvalue weighted by atomic mass is 9.95. The minimum Gasteiger partial charge on any atom is -0.508 e. The van der Waals surface area contributed by atoms with Gasteiger partial charge >= 0.3 is 0 Å². The lowest BCUT2D eigenvalue weighted by Gasteiger charge is -2.12. The fourth-order valence-corrected chi connectivity index (χ4v) is 2.05. The van der Waals surface area contributed by atoms with Gasteiger partial charge in [-0.25, -0.2) is 0 Å². The molecule has 0 aliphatic carbocycles. The van der Waals surface area contributed by atoms with Gasteiger partial charge < -0.3 is 15.3 Å². The summed E-state index contributed by atoms with van der Waals surface area (Å²) < 4.78 is 0. The summed E-state index contributed by atoms with van der Waals surface area (Å²) in [5.41, 5.74) is 2.26. The zero-order valence-corrected chi connectivity index (χ0v) is 10.0. The quantitative estimate of drug-likeness (QED) is 0.775. The molecule has 2 aromatic carbocycles. The fourth-order valence-electron chi connectivity index (χ4n) is 2.05. The van der Waals surface area contributed by atoms with Gasteiger partial charge in [0.15, 0.2) is 0 Å². The maximum absolute atomic E-state index is 9.91. The van der Waals surface area contributed by atoms with E-state index in [0.29, 0.717) is 18.4 Å². The van der Waals surface area contributed by atoms with Crippen LogP contribution in [0, 0.1) is 0 Å². The third kappa shape index (κ3) is 2.46. The summed E-state index contributed by atoms with van der Waals surface area (Å²) in [6.45, 7) is 0.0779. The van der Waals surface area contributed by atoms with Crippen LogP contribution in [0.5, 0.6) is 11.5 Å². The first-order valence-electron chi connectivity index (χ1n) is 5.94. The smallest absolute Gasteiger partial charge is 0.123 e. The van der Waals surface area contributed by atoms with E-state index >= 15 is 0 Å². The molecule has 0 saturated carbocycles. The average molecular weight is 244 g/mol. The molecule has 0 spiro atoms. The Kier molecular flexibility index (Phi) is 3.85. The second-order valence-electron chi connectivity index (χ2n) is 4.15. The molecular weight excluding hydrogens is 228 g/mol. The van der Waals surface area contributed by atoms with Crippen molar-refractivity contribution in [2.75, 3.05) is 6.61 Å². The number of aliphatic hydroxyl groups is 1. The molecule has 3 heteroatoms. The number of benzene rings is 2. The first kappa shape index (κ1) is 12.5. The Morgan fingerprint density at radius 2 is 1.44 bits per heavy atom. The van der Waals surface area contributed by atoms with Gasteiger partial charge in [0.25, 0.3) is 0 Å². The fraction of sp³-hybridized carbons (Fsp3) is 0.200. The Bertz CT molecular complexity index is 535. The number of rotatable bonds is 4. The van der Waals surface area contributed by atoms with Crippen molar-refractivity contribution in [3.63, 3.8) is 0 Å². The van der Waals surface area contributed by atoms with Crippen LogP contribution in [-0.4, -0.2) is 21.9 Å². The standard InChI is InChI=1S/C15H16O3/c16-10-4-7-13-11(6-3-9-15(13)18)12-5-1-2-8-14(12)17/h1-3,5-6,8-9,16-18H,4,7,10H2. The van der Waals surface area contributed by atoms with Crippen molar-refractivity contribution in [2.24, 2.45) is 0 Å². The summed E-state index contributed by atoms with van der Waals surface area (Å²) in [6.07, 6.45) is 1.16. The Morgan fingerprint density at radius 3 is 2.17 bits per heavy atom. The predicted molar refractivity (Wildman–Crippen MR) is 70.6 cm³/mol. The molecule has 0 heterocycles. The topological polar surface area (TPSA) is 60.7 Å². The molecule has 0 radical (unpaired) electrons. The first-order valence-corrected chi connectivity index (χ1v) is 5.94. The molecule has 0 aromatic heterocycles. The number of para-hydroxylation sites is 1. The molecule has 0 atom stereocenters. The molecule has 0 saturated heterocycles. The lowest BCUT2D eigenvalue weighted by Crippen LogP contribution is -1.94. The van der Waals surface area contributed by atoms with Crippen molar-refractivity contribution in [3.8, 4) is 22.6 Å². The van der Waals surface area contributed by atoms with Crippen LogP contribution in [0.4, 0.5) is 0 Å². The third-order valence-corrected chi connectivity index (χ3v) is 2.93. The first-order chi connectivity index (χ1) is 8.74. The van der Waals surface area contributed by atoms with E-state index in [9.17, 15) is 10.2 Å². The van der Waals surface area contributed by atoms with Crippen molar-refractivity contribution < 1.29 is 15.3 Å². The van der Waals surface area contributed by atoms with Crippen LogP contribution < -0.4 is 0 Å². The Balaban J connectivity index is 2.50. The van der Waals surface area contributed by atoms with E-state index in [0.717, 1.165) is 11.1 Å². The third-order valence-electron chi connectivity index (χ3n) is 2.93. The summed E-state index contributed by atoms with van der Waals surface area (Å²) in [7, 11) is 0. The molecule has 18 heavy (non-hydrogen) atoms. The van der Waals surface area contributed by atoms with Crippen molar-refractivity contribution in [1.82, 2.24) is 0 Å². The van der Waals surface area contributed by atoms with Gasteiger partial charge in [-0.2, -0.15) is 0 Å². The normalized spacial score (nSPS) is 10.5. The van der Waals surface area contributed by atoms with E-state index in [1.165, 1.54) is 0 Å². The Morgan fingerprint density at radius 1 is 0.778 bits per heavy atom. The molecule has 3 nitrogen and oxygen atoms in total. The SMILES string of the molecule is OCCCc1c(O)cccc1-c1ccccc1O. The maximum atomic E-state index is 9.91. The van der Waals surface area contributed by atoms with Crippen LogP contribution in [0.15, 0.2) is 42.5 Å². The van der Waals surface area contributed by atoms with E-state index < -0.39 is 0 Å². The van der Waals surface area contributed by atoms with Crippen LogP contribution in [0.3, 0.4) is 0 Å². The van der Waals surface area contributed by atoms with Crippen LogP contribution in [0.2, 0.25) is 0 Å². The number of hydrogen-bond acceptors (Lipinski definition) is 3. The predicted octanol–water partition coefficient (Wildman–Crippen LogP) is 2.69. The number of phenols is 2. The molecule has 0 fully saturated rings. The van der Waals surface area contributed by atoms with Gasteiger partial charge in [-0.15, -0.1) is 0 Å². The van der Waals surface area contributed by atoms with E-state index in [1.807, 2.05) is 18.2 Å². The molecule has 0 aliphatic rings. The largest absolute Gasteiger partial charge is 0.508 e. The number of aromatic hydroxyl groups is 2. The van der Waals surface area contributed by atoms with Gasteiger partial charge in [0.2, 0.25) is 0 Å². The minimum atomic E-state index is 0.0779. The Labute approximate surface area is 106 Å². The molecule has 0 amide bonds. The number of aliphatic hydroxyl groups excluding tert-OH is 1. The second kappa shape index (κ2) is 5.56. The molecular formula is C15H16O3. The summed E-state index contributed by atoms with van der Waals surface area (Å²) in [5, 5.41) is 28.7. The van der Waals surface area contributed by atoms with E-state index in [1.54, 1.807) is 24.3 Å². The highest BCUT2D eigenvalue weighted by molar-refractivity contribution is 5.74. The molecule has 0 bridgehead atoms. The summed E-state index contributed by atoms with van der Waals surface area (Å²) in [6, 6.07) is 12.3. The highest BCUT2D eigenvalue weighted by Crippen LogP contribution is 2.35. The van der Waals surface area contributed by atoms with Crippen molar-refractivity contribution in [1.29, 1.82) is 0 Å². The second-order valence-corrected chi connectivity index (χ2v) is 4.15. The number of hydrogen-bond donors (Lipinski definition) is 3. The van der Waals surface area contributed by atoms with Gasteiger partial charge in [-0.05, 0) is 30.5 Å². The molecule has 0 unspecified atom stereocenters. The van der Waals surface area contributed by atoms with E-state index in [-0.39, 0.29) is 18.1 Å². The maximum Gasteiger partial charge on any atom is 0.123 e. The summed E-state index contributed by atoms with van der Waals surface area (Å²) >= 11 is 0. The highest BCUT2D eigenvalue weighted by atomic mass is 16.3. The van der Waals surface area contributed by atoms with Crippen LogP contribution >= 0.6 is 0 Å². The van der Waals surface area contributed by atoms with Gasteiger partial charge in [0, 0.05) is 17.7 Å². The zero-order chi connectivity index (χ0) is 13.0. The molecule has 2 rings (SSSR count). The molecule has 2 aromatic rings. The van der Waals surface area contributed by atoms with Gasteiger partial charge in [-0.3, -0.25) is 0 Å². The summed E-state index contributed by atoms with van der Waals surface area (Å²) in [5.74, 6) is 0.387. The van der Waals surface area contributed by atoms with E-state index in [2.05, 4.69) is 0 Å². The van der Waals surface area contributed by atoms with Crippen molar-refractivity contribution in [3.05, 3.63) is 48.0 Å². The minimum absolute atomic E-state index is 0.0779. The zero-order valence-electron chi connectivity index (χ0n) is 10.0. The molecule has 94 valence electrons. The summed E-state index contributed by atoms with van der Waals surface area (Å²) in [4.78, 5) is 0. The average Bonchev–Trinajstić information content (AvgIpc) is 2.38. The van der Waals surface area contributed by atoms with Gasteiger partial charge in [0.1, 0.15) is 11.5 Å². The van der Waals surface area contributed by atoms with Crippen LogP contribution in [0.25, 0.3) is 11.1 Å². The van der Waals surface area contributed by atoms with Crippen LogP contribution in [0.1, 0.15) is 12.0 Å². The van der Waals surface area contributed by atoms with Crippen LogP contribution in [-0.2, 0) is 6.42 Å². The molecule has 3 N–H and O–H groups in total. The Hall–Kier alpha value is -2.00. The number of phenolic OH excluding ortho intramolecular Hbond substituents is 2. The van der Waals surface area contributed by atoms with Crippen molar-refractivity contribution in [2.45, 2.75) is 12.8 Å². The monoisotopic (exact) mass is 244 g/mol. The van der Waals surface area contributed by atoms with Gasteiger partial charge in [-0.1, -0.05) is 30.3 Å².